The lowest BCUT2D eigenvalue weighted by molar-refractivity contribution is 0.0599. The number of aryl methyl sites for hydroxylation is 2. The summed E-state index contributed by atoms with van der Waals surface area (Å²) >= 11 is 1.42. The Bertz CT molecular complexity index is 840. The Morgan fingerprint density at radius 1 is 1.23 bits per heavy atom. The van der Waals surface area contributed by atoms with E-state index in [1.165, 1.54) is 25.3 Å². The predicted octanol–water partition coefficient (Wildman–Crippen LogP) is 3.10. The summed E-state index contributed by atoms with van der Waals surface area (Å²) in [7, 11) is 1.34. The summed E-state index contributed by atoms with van der Waals surface area (Å²) in [6.45, 7) is 6.30. The van der Waals surface area contributed by atoms with Crippen molar-refractivity contribution in [2.24, 2.45) is 0 Å². The van der Waals surface area contributed by atoms with E-state index < -0.39 is 5.97 Å². The minimum Gasteiger partial charge on any atom is -0.465 e. The Morgan fingerprint density at radius 3 is 2.73 bits per heavy atom. The van der Waals surface area contributed by atoms with Gasteiger partial charge in [-0.05, 0) is 39.2 Å². The van der Waals surface area contributed by atoms with Crippen molar-refractivity contribution in [2.45, 2.75) is 63.4 Å². The van der Waals surface area contributed by atoms with Gasteiger partial charge in [-0.3, -0.25) is 4.79 Å². The van der Waals surface area contributed by atoms with Crippen molar-refractivity contribution in [3.63, 3.8) is 0 Å². The Morgan fingerprint density at radius 2 is 2.00 bits per heavy atom. The van der Waals surface area contributed by atoms with Gasteiger partial charge in [0, 0.05) is 18.7 Å². The number of nitrogens with zero attached hydrogens (tertiary/aromatic N) is 3. The molecule has 1 aliphatic rings. The molecule has 0 bridgehead atoms. The highest BCUT2D eigenvalue weighted by molar-refractivity contribution is 8.00. The van der Waals surface area contributed by atoms with E-state index in [1.807, 2.05) is 6.92 Å². The van der Waals surface area contributed by atoms with Crippen molar-refractivity contribution in [1.82, 2.24) is 19.7 Å². The minimum atomic E-state index is -0.432. The molecule has 7 nitrogen and oxygen atoms in total. The summed E-state index contributed by atoms with van der Waals surface area (Å²) in [5, 5.41) is 9.02. The van der Waals surface area contributed by atoms with Crippen LogP contribution in [0.1, 0.15) is 64.1 Å². The standard InChI is InChI=1S/C18H24N4O3S/c1-10-14(17(24)25-4)11(2)19-15(10)16(23)12(3)26-18-21-20-13-8-6-5-7-9-22(13)18/h12,19H,5-9H2,1-4H3/t12-/m1/s1. The van der Waals surface area contributed by atoms with Crippen LogP contribution in [0.5, 0.6) is 0 Å². The summed E-state index contributed by atoms with van der Waals surface area (Å²) in [6, 6.07) is 0. The fourth-order valence-electron chi connectivity index (χ4n) is 3.37. The summed E-state index contributed by atoms with van der Waals surface area (Å²) in [5.74, 6) is 0.514. The lowest BCUT2D eigenvalue weighted by Crippen LogP contribution is -2.16. The maximum absolute atomic E-state index is 12.9. The molecule has 2 aromatic heterocycles. The first-order chi connectivity index (χ1) is 12.4. The SMILES string of the molecule is COC(=O)c1c(C)[nH]c(C(=O)[C@@H](C)Sc2nnc3n2CCCCC3)c1C. The van der Waals surface area contributed by atoms with Gasteiger partial charge in [0.15, 0.2) is 10.9 Å². The number of ketones is 1. The van der Waals surface area contributed by atoms with E-state index in [0.717, 1.165) is 36.8 Å². The normalized spacial score (nSPS) is 15.2. The average Bonchev–Trinajstić information content (AvgIpc) is 3.03. The number of carbonyl (C=O) groups excluding carboxylic acids is 2. The number of rotatable bonds is 5. The van der Waals surface area contributed by atoms with E-state index in [9.17, 15) is 9.59 Å². The maximum atomic E-state index is 12.9. The number of nitrogens with one attached hydrogen (secondary N) is 1. The molecule has 0 spiro atoms. The van der Waals surface area contributed by atoms with Gasteiger partial charge in [0.25, 0.3) is 0 Å². The van der Waals surface area contributed by atoms with Gasteiger partial charge in [0.05, 0.1) is 23.6 Å². The van der Waals surface area contributed by atoms with Gasteiger partial charge < -0.3 is 14.3 Å². The molecular weight excluding hydrogens is 352 g/mol. The maximum Gasteiger partial charge on any atom is 0.339 e. The number of hydrogen-bond acceptors (Lipinski definition) is 6. The molecule has 0 saturated carbocycles. The highest BCUT2D eigenvalue weighted by Crippen LogP contribution is 2.29. The van der Waals surface area contributed by atoms with Crippen LogP contribution in [0.25, 0.3) is 0 Å². The zero-order chi connectivity index (χ0) is 18.8. The number of esters is 1. The second-order valence-electron chi connectivity index (χ2n) is 6.60. The van der Waals surface area contributed by atoms with Crippen molar-refractivity contribution < 1.29 is 14.3 Å². The molecule has 3 rings (SSSR count). The average molecular weight is 376 g/mol. The highest BCUT2D eigenvalue weighted by Gasteiger charge is 2.27. The number of thioether (sulfide) groups is 1. The van der Waals surface area contributed by atoms with E-state index in [1.54, 1.807) is 13.8 Å². The molecule has 140 valence electrons. The van der Waals surface area contributed by atoms with Gasteiger partial charge in [-0.15, -0.1) is 10.2 Å². The monoisotopic (exact) mass is 376 g/mol. The molecule has 8 heteroatoms. The number of methoxy groups -OCH3 is 1. The molecular formula is C18H24N4O3S. The van der Waals surface area contributed by atoms with E-state index in [4.69, 9.17) is 4.74 Å². The molecule has 0 amide bonds. The smallest absolute Gasteiger partial charge is 0.339 e. The molecule has 0 aliphatic carbocycles. The molecule has 0 unspecified atom stereocenters. The summed E-state index contributed by atoms with van der Waals surface area (Å²) in [6.07, 6.45) is 4.37. The molecule has 2 aromatic rings. The minimum absolute atomic E-state index is 0.0586. The topological polar surface area (TPSA) is 89.9 Å². The summed E-state index contributed by atoms with van der Waals surface area (Å²) in [5.41, 5.74) is 2.17. The molecule has 0 saturated heterocycles. The quantitative estimate of drug-likeness (QED) is 0.490. The van der Waals surface area contributed by atoms with Crippen molar-refractivity contribution in [1.29, 1.82) is 0 Å². The van der Waals surface area contributed by atoms with Crippen molar-refractivity contribution in [3.8, 4) is 0 Å². The molecule has 1 atom stereocenters. The third-order valence-electron chi connectivity index (χ3n) is 4.80. The highest BCUT2D eigenvalue weighted by atomic mass is 32.2. The molecule has 0 radical (unpaired) electrons. The van der Waals surface area contributed by atoms with Gasteiger partial charge in [0.2, 0.25) is 0 Å². The van der Waals surface area contributed by atoms with Gasteiger partial charge in [0.1, 0.15) is 5.82 Å². The fourth-order valence-corrected chi connectivity index (χ4v) is 4.32. The number of ether oxygens (including phenoxy) is 1. The van der Waals surface area contributed by atoms with Gasteiger partial charge in [-0.2, -0.15) is 0 Å². The van der Waals surface area contributed by atoms with Crippen LogP contribution < -0.4 is 0 Å². The molecule has 1 aliphatic heterocycles. The van der Waals surface area contributed by atoms with Gasteiger partial charge >= 0.3 is 5.97 Å². The van der Waals surface area contributed by atoms with Gasteiger partial charge in [-0.25, -0.2) is 4.79 Å². The second-order valence-corrected chi connectivity index (χ2v) is 7.91. The Kier molecular flexibility index (Phi) is 5.50. The van der Waals surface area contributed by atoms with Crippen LogP contribution in [0.4, 0.5) is 0 Å². The third kappa shape index (κ3) is 3.42. The van der Waals surface area contributed by atoms with Crippen LogP contribution in [0, 0.1) is 13.8 Å². The lowest BCUT2D eigenvalue weighted by Gasteiger charge is -2.11. The van der Waals surface area contributed by atoms with E-state index in [-0.39, 0.29) is 11.0 Å². The van der Waals surface area contributed by atoms with Crippen LogP contribution in [-0.4, -0.2) is 43.9 Å². The number of fused-ring (bicyclic) bond motifs is 1. The third-order valence-corrected chi connectivity index (χ3v) is 5.88. The zero-order valence-electron chi connectivity index (χ0n) is 15.6. The van der Waals surface area contributed by atoms with Crippen LogP contribution >= 0.6 is 11.8 Å². The summed E-state index contributed by atoms with van der Waals surface area (Å²) < 4.78 is 6.95. The number of carbonyl (C=O) groups is 2. The van der Waals surface area contributed by atoms with Crippen molar-refractivity contribution >= 4 is 23.5 Å². The number of aromatic amines is 1. The number of aromatic nitrogens is 4. The van der Waals surface area contributed by atoms with Crippen molar-refractivity contribution in [2.75, 3.05) is 7.11 Å². The first-order valence-electron chi connectivity index (χ1n) is 8.84. The number of H-pyrrole nitrogens is 1. The molecule has 1 N–H and O–H groups in total. The first kappa shape index (κ1) is 18.7. The van der Waals surface area contributed by atoms with Crippen LogP contribution in [0.3, 0.4) is 0 Å². The van der Waals surface area contributed by atoms with E-state index in [2.05, 4.69) is 19.7 Å². The first-order valence-corrected chi connectivity index (χ1v) is 9.72. The molecule has 0 aromatic carbocycles. The van der Waals surface area contributed by atoms with Crippen LogP contribution in [0.15, 0.2) is 5.16 Å². The molecule has 3 heterocycles. The van der Waals surface area contributed by atoms with Crippen LogP contribution in [-0.2, 0) is 17.7 Å². The fraction of sp³-hybridized carbons (Fsp3) is 0.556. The van der Waals surface area contributed by atoms with Crippen molar-refractivity contribution in [3.05, 3.63) is 28.3 Å². The Hall–Kier alpha value is -2.09. The van der Waals surface area contributed by atoms with Crippen LogP contribution in [0.2, 0.25) is 0 Å². The van der Waals surface area contributed by atoms with E-state index >= 15 is 0 Å². The summed E-state index contributed by atoms with van der Waals surface area (Å²) in [4.78, 5) is 27.9. The lowest BCUT2D eigenvalue weighted by atomic mass is 10.1. The molecule has 0 fully saturated rings. The number of hydrogen-bond donors (Lipinski definition) is 1. The second kappa shape index (κ2) is 7.65. The number of Topliss-reactive ketones (excluding diaryl/α,β-unsaturated/α-hetero) is 1. The largest absolute Gasteiger partial charge is 0.465 e. The molecule has 26 heavy (non-hydrogen) atoms. The predicted molar refractivity (Wildman–Crippen MR) is 98.8 cm³/mol. The Labute approximate surface area is 156 Å². The zero-order valence-corrected chi connectivity index (χ0v) is 16.4. The van der Waals surface area contributed by atoms with E-state index in [0.29, 0.717) is 22.5 Å². The van der Waals surface area contributed by atoms with Gasteiger partial charge in [-0.1, -0.05) is 18.2 Å². The Balaban J connectivity index is 1.81.